The molecule has 0 saturated carbocycles. The van der Waals surface area contributed by atoms with E-state index in [0.717, 1.165) is 5.56 Å². The lowest BCUT2D eigenvalue weighted by Gasteiger charge is -2.01. The summed E-state index contributed by atoms with van der Waals surface area (Å²) in [4.78, 5) is 21.2. The first-order chi connectivity index (χ1) is 6.50. The molecule has 0 saturated heterocycles. The first kappa shape index (κ1) is 10.7. The third-order valence-corrected chi connectivity index (χ3v) is 2.25. The average molecular weight is 213 g/mol. The highest BCUT2D eigenvalue weighted by Gasteiger charge is 2.12. The normalized spacial score (nSPS) is 9.86. The maximum atomic E-state index is 10.9. The summed E-state index contributed by atoms with van der Waals surface area (Å²) in [6.07, 6.45) is -0.0899. The van der Waals surface area contributed by atoms with E-state index in [2.05, 4.69) is 0 Å². The Labute approximate surface area is 86.3 Å². The Morgan fingerprint density at radius 3 is 2.57 bits per heavy atom. The number of aliphatic carboxylic acids is 1. The fourth-order valence-electron chi connectivity index (χ4n) is 1.08. The molecule has 74 valence electrons. The molecule has 0 aromatic heterocycles. The van der Waals surface area contributed by atoms with E-state index in [9.17, 15) is 9.59 Å². The Morgan fingerprint density at radius 2 is 2.07 bits per heavy atom. The highest BCUT2D eigenvalue weighted by molar-refractivity contribution is 6.33. The Bertz CT molecular complexity index is 385. The van der Waals surface area contributed by atoms with Gasteiger partial charge >= 0.3 is 5.97 Å². The van der Waals surface area contributed by atoms with E-state index < -0.39 is 11.8 Å². The molecule has 0 spiro atoms. The molecule has 0 unspecified atom stereocenters. The van der Waals surface area contributed by atoms with Gasteiger partial charge in [-0.1, -0.05) is 23.7 Å². The second-order valence-electron chi connectivity index (χ2n) is 2.99. The quantitative estimate of drug-likeness (QED) is 0.778. The number of aryl methyl sites for hydroxylation is 1. The van der Waals surface area contributed by atoms with Gasteiger partial charge in [0.1, 0.15) is 0 Å². The van der Waals surface area contributed by atoms with Gasteiger partial charge in [0.2, 0.25) is 5.78 Å². The number of halogens is 1. The Kier molecular flexibility index (Phi) is 3.25. The van der Waals surface area contributed by atoms with Gasteiger partial charge in [0.25, 0.3) is 0 Å². The first-order valence-corrected chi connectivity index (χ1v) is 4.39. The van der Waals surface area contributed by atoms with Crippen molar-refractivity contribution in [3.63, 3.8) is 0 Å². The van der Waals surface area contributed by atoms with Crippen molar-refractivity contribution in [2.24, 2.45) is 0 Å². The van der Waals surface area contributed by atoms with E-state index in [-0.39, 0.29) is 6.42 Å². The van der Waals surface area contributed by atoms with Gasteiger partial charge in [-0.25, -0.2) is 4.79 Å². The average Bonchev–Trinajstić information content (AvgIpc) is 2.11. The molecule has 0 amide bonds. The van der Waals surface area contributed by atoms with Crippen molar-refractivity contribution in [2.75, 3.05) is 0 Å². The highest BCUT2D eigenvalue weighted by atomic mass is 35.5. The maximum absolute atomic E-state index is 10.9. The summed E-state index contributed by atoms with van der Waals surface area (Å²) in [5.41, 5.74) is 1.50. The Balaban J connectivity index is 2.83. The SMILES string of the molecule is Cc1cc(CC(=O)C(=O)O)ccc1Cl. The molecular weight excluding hydrogens is 204 g/mol. The molecule has 0 aliphatic carbocycles. The van der Waals surface area contributed by atoms with Crippen molar-refractivity contribution < 1.29 is 14.7 Å². The standard InChI is InChI=1S/C10H9ClO3/c1-6-4-7(2-3-8(6)11)5-9(12)10(13)14/h2-4H,5H2,1H3,(H,13,14). The molecule has 3 nitrogen and oxygen atoms in total. The Hall–Kier alpha value is -1.35. The van der Waals surface area contributed by atoms with E-state index >= 15 is 0 Å². The lowest BCUT2D eigenvalue weighted by Crippen LogP contribution is -2.15. The van der Waals surface area contributed by atoms with Crippen LogP contribution in [0.4, 0.5) is 0 Å². The van der Waals surface area contributed by atoms with Crippen LogP contribution in [-0.4, -0.2) is 16.9 Å². The van der Waals surface area contributed by atoms with Crippen LogP contribution in [0.5, 0.6) is 0 Å². The molecule has 14 heavy (non-hydrogen) atoms. The molecular formula is C10H9ClO3. The van der Waals surface area contributed by atoms with Crippen LogP contribution in [0.15, 0.2) is 18.2 Å². The van der Waals surface area contributed by atoms with Crippen LogP contribution in [0.25, 0.3) is 0 Å². The minimum atomic E-state index is -1.40. The van der Waals surface area contributed by atoms with Crippen LogP contribution in [0, 0.1) is 6.92 Å². The molecule has 0 aliphatic heterocycles. The summed E-state index contributed by atoms with van der Waals surface area (Å²) in [5, 5.41) is 9.00. The van der Waals surface area contributed by atoms with Crippen LogP contribution in [0.1, 0.15) is 11.1 Å². The summed E-state index contributed by atoms with van der Waals surface area (Å²) in [7, 11) is 0. The molecule has 4 heteroatoms. The predicted octanol–water partition coefficient (Wildman–Crippen LogP) is 1.84. The van der Waals surface area contributed by atoms with Gasteiger partial charge in [-0.2, -0.15) is 0 Å². The molecule has 1 N–H and O–H groups in total. The molecule has 1 rings (SSSR count). The number of carboxylic acid groups (broad SMARTS) is 1. The third kappa shape index (κ3) is 2.57. The molecule has 0 fully saturated rings. The molecule has 0 atom stereocenters. The minimum Gasteiger partial charge on any atom is -0.475 e. The summed E-state index contributed by atoms with van der Waals surface area (Å²) < 4.78 is 0. The summed E-state index contributed by atoms with van der Waals surface area (Å²) in [6, 6.07) is 5.01. The fourth-order valence-corrected chi connectivity index (χ4v) is 1.20. The van der Waals surface area contributed by atoms with Gasteiger partial charge in [-0.3, -0.25) is 4.79 Å². The van der Waals surface area contributed by atoms with E-state index in [1.165, 1.54) is 0 Å². The lowest BCUT2D eigenvalue weighted by molar-refractivity contribution is -0.148. The first-order valence-electron chi connectivity index (χ1n) is 4.02. The number of carboxylic acids is 1. The van der Waals surface area contributed by atoms with E-state index in [1.54, 1.807) is 25.1 Å². The molecule has 1 aromatic rings. The lowest BCUT2D eigenvalue weighted by atomic mass is 10.1. The number of carbonyl (C=O) groups excluding carboxylic acids is 1. The van der Waals surface area contributed by atoms with Gasteiger partial charge in [-0.05, 0) is 24.1 Å². The number of hydrogen-bond donors (Lipinski definition) is 1. The summed E-state index contributed by atoms with van der Waals surface area (Å²) in [6.45, 7) is 1.80. The van der Waals surface area contributed by atoms with E-state index in [4.69, 9.17) is 16.7 Å². The second-order valence-corrected chi connectivity index (χ2v) is 3.40. The van der Waals surface area contributed by atoms with Crippen molar-refractivity contribution in [3.05, 3.63) is 34.3 Å². The van der Waals surface area contributed by atoms with Crippen LogP contribution >= 0.6 is 11.6 Å². The molecule has 0 bridgehead atoms. The number of Topliss-reactive ketones (excluding diaryl/α,β-unsaturated/α-hetero) is 1. The zero-order valence-electron chi connectivity index (χ0n) is 7.58. The second kappa shape index (κ2) is 4.24. The molecule has 0 aliphatic rings. The summed E-state index contributed by atoms with van der Waals surface area (Å²) in [5.74, 6) is -2.22. The van der Waals surface area contributed by atoms with Crippen LogP contribution in [0.2, 0.25) is 5.02 Å². The van der Waals surface area contributed by atoms with E-state index in [0.29, 0.717) is 10.6 Å². The zero-order chi connectivity index (χ0) is 10.7. The number of hydrogen-bond acceptors (Lipinski definition) is 2. The van der Waals surface area contributed by atoms with Crippen molar-refractivity contribution in [1.29, 1.82) is 0 Å². The van der Waals surface area contributed by atoms with Crippen LogP contribution in [-0.2, 0) is 16.0 Å². The van der Waals surface area contributed by atoms with Crippen molar-refractivity contribution >= 4 is 23.4 Å². The van der Waals surface area contributed by atoms with Gasteiger partial charge in [0, 0.05) is 11.4 Å². The number of carbonyl (C=O) groups is 2. The Morgan fingerprint density at radius 1 is 1.43 bits per heavy atom. The number of ketones is 1. The predicted molar refractivity (Wildman–Crippen MR) is 52.5 cm³/mol. The fraction of sp³-hybridized carbons (Fsp3) is 0.200. The van der Waals surface area contributed by atoms with Crippen molar-refractivity contribution in [2.45, 2.75) is 13.3 Å². The topological polar surface area (TPSA) is 54.4 Å². The van der Waals surface area contributed by atoms with E-state index in [1.807, 2.05) is 0 Å². The molecule has 0 heterocycles. The number of benzene rings is 1. The van der Waals surface area contributed by atoms with Gasteiger partial charge in [0.05, 0.1) is 0 Å². The van der Waals surface area contributed by atoms with Crippen LogP contribution in [0.3, 0.4) is 0 Å². The van der Waals surface area contributed by atoms with Crippen LogP contribution < -0.4 is 0 Å². The summed E-state index contributed by atoms with van der Waals surface area (Å²) >= 11 is 5.78. The van der Waals surface area contributed by atoms with Gasteiger partial charge < -0.3 is 5.11 Å². The largest absolute Gasteiger partial charge is 0.475 e. The van der Waals surface area contributed by atoms with Crippen molar-refractivity contribution in [3.8, 4) is 0 Å². The van der Waals surface area contributed by atoms with Crippen molar-refractivity contribution in [1.82, 2.24) is 0 Å². The molecule has 1 aromatic carbocycles. The zero-order valence-corrected chi connectivity index (χ0v) is 8.34. The monoisotopic (exact) mass is 212 g/mol. The highest BCUT2D eigenvalue weighted by Crippen LogP contribution is 2.16. The van der Waals surface area contributed by atoms with Gasteiger partial charge in [-0.15, -0.1) is 0 Å². The van der Waals surface area contributed by atoms with Gasteiger partial charge in [0.15, 0.2) is 0 Å². The third-order valence-electron chi connectivity index (χ3n) is 1.83. The maximum Gasteiger partial charge on any atom is 0.372 e. The molecule has 0 radical (unpaired) electrons. The smallest absolute Gasteiger partial charge is 0.372 e. The number of rotatable bonds is 3. The minimum absolute atomic E-state index is 0.0899.